The number of hydrogen-bond donors (Lipinski definition) is 5. The maximum absolute atomic E-state index is 13.8. The minimum absolute atomic E-state index is 0.128. The number of carbonyl (C=O) groups excluding carboxylic acids is 5. The summed E-state index contributed by atoms with van der Waals surface area (Å²) in [5.41, 5.74) is 1.48. The van der Waals surface area contributed by atoms with Crippen molar-refractivity contribution < 1.29 is 28.7 Å². The molecule has 2 bridgehead atoms. The summed E-state index contributed by atoms with van der Waals surface area (Å²) in [4.78, 5) is 69.8. The summed E-state index contributed by atoms with van der Waals surface area (Å²) >= 11 is 0. The molecule has 6 rings (SSSR count). The second kappa shape index (κ2) is 14.9. The number of fused-ring (bicyclic) bond motifs is 14. The molecule has 0 saturated carbocycles. The van der Waals surface area contributed by atoms with E-state index in [0.717, 1.165) is 11.1 Å². The summed E-state index contributed by atoms with van der Waals surface area (Å²) in [5, 5.41) is 18.6. The Morgan fingerprint density at radius 2 is 1.70 bits per heavy atom. The first-order valence-corrected chi connectivity index (χ1v) is 15.8. The lowest BCUT2D eigenvalue weighted by atomic mass is 10.00. The molecule has 47 heavy (non-hydrogen) atoms. The third-order valence-electron chi connectivity index (χ3n) is 8.02. The van der Waals surface area contributed by atoms with Crippen LogP contribution in [-0.2, 0) is 36.9 Å². The van der Waals surface area contributed by atoms with Crippen LogP contribution in [-0.4, -0.2) is 75.6 Å². The van der Waals surface area contributed by atoms with Crippen molar-refractivity contribution >= 4 is 29.5 Å². The Morgan fingerprint density at radius 1 is 0.957 bits per heavy atom. The van der Waals surface area contributed by atoms with Crippen LogP contribution in [0.3, 0.4) is 0 Å². The van der Waals surface area contributed by atoms with Gasteiger partial charge >= 0.3 is 0 Å². The fourth-order valence-electron chi connectivity index (χ4n) is 5.46. The van der Waals surface area contributed by atoms with Gasteiger partial charge in [-0.05, 0) is 37.0 Å². The number of hydrogen-bond acceptors (Lipinski definition) is 8. The number of benzene rings is 2. The van der Waals surface area contributed by atoms with Crippen molar-refractivity contribution in [1.82, 2.24) is 41.3 Å². The molecule has 4 atom stereocenters. The van der Waals surface area contributed by atoms with Gasteiger partial charge in [0.2, 0.25) is 29.5 Å². The van der Waals surface area contributed by atoms with Crippen LogP contribution in [0, 0.1) is 5.92 Å². The summed E-state index contributed by atoms with van der Waals surface area (Å²) in [6.45, 7) is 5.64. The van der Waals surface area contributed by atoms with Crippen molar-refractivity contribution in [2.45, 2.75) is 70.7 Å². The third-order valence-corrected chi connectivity index (χ3v) is 8.02. The molecule has 1 fully saturated rings. The fraction of sp³-hybridized carbons (Fsp3) is 0.424. The SMILES string of the molecule is CC(C)[C@H]1NC(=O)[C@@H](NC(=O)[C@H]2CCC(=O)N2)Cc2ccc(cc2)OCCNC(=O)Cn2nc(-c3ccccc3)nc2[C@H](C)NC1=O. The molecule has 0 spiro atoms. The van der Waals surface area contributed by atoms with Gasteiger partial charge in [0.05, 0.1) is 12.6 Å². The van der Waals surface area contributed by atoms with E-state index in [1.807, 2.05) is 30.3 Å². The number of nitrogens with one attached hydrogen (secondary N) is 5. The number of amides is 5. The molecule has 4 heterocycles. The molecule has 2 aromatic carbocycles. The molecular weight excluding hydrogens is 604 g/mol. The smallest absolute Gasteiger partial charge is 0.243 e. The van der Waals surface area contributed by atoms with Gasteiger partial charge in [-0.1, -0.05) is 56.3 Å². The Kier molecular flexibility index (Phi) is 10.5. The quantitative estimate of drug-likeness (QED) is 0.276. The molecule has 14 nitrogen and oxygen atoms in total. The van der Waals surface area contributed by atoms with Crippen molar-refractivity contribution in [2.24, 2.45) is 5.92 Å². The second-order valence-corrected chi connectivity index (χ2v) is 12.0. The molecule has 3 aromatic rings. The monoisotopic (exact) mass is 644 g/mol. The van der Waals surface area contributed by atoms with Gasteiger partial charge in [0, 0.05) is 18.4 Å². The van der Waals surface area contributed by atoms with Crippen LogP contribution >= 0.6 is 0 Å². The van der Waals surface area contributed by atoms with Gasteiger partial charge in [0.1, 0.15) is 42.9 Å². The topological polar surface area (TPSA) is 185 Å². The highest BCUT2D eigenvalue weighted by Gasteiger charge is 2.34. The van der Waals surface area contributed by atoms with E-state index < -0.39 is 41.9 Å². The average molecular weight is 645 g/mol. The van der Waals surface area contributed by atoms with E-state index in [1.54, 1.807) is 45.0 Å². The fourth-order valence-corrected chi connectivity index (χ4v) is 5.46. The molecule has 3 aliphatic rings. The standard InChI is InChI=1S/C33H40N8O6/c1-19(2)28-33(46)35-20(3)30-39-29(22-7-5-4-6-8-22)40-41(30)18-27(43)34-15-16-47-23-11-9-21(10-12-23)17-25(32(45)38-28)37-31(44)24-13-14-26(42)36-24/h4-12,19-20,24-25,28H,13-18H2,1-3H3,(H,34,43)(H,35,46)(H,36,42)(H,37,44)(H,38,45)/t20-,24+,25-,28+/m0/s1. The van der Waals surface area contributed by atoms with Gasteiger partial charge in [-0.25, -0.2) is 9.67 Å². The molecule has 0 aliphatic carbocycles. The predicted molar refractivity (Wildman–Crippen MR) is 171 cm³/mol. The van der Waals surface area contributed by atoms with E-state index in [9.17, 15) is 24.0 Å². The van der Waals surface area contributed by atoms with Crippen molar-refractivity contribution in [3.8, 4) is 17.1 Å². The van der Waals surface area contributed by atoms with Crippen LogP contribution < -0.4 is 31.3 Å². The van der Waals surface area contributed by atoms with Crippen LogP contribution in [0.15, 0.2) is 54.6 Å². The number of rotatable bonds is 4. The van der Waals surface area contributed by atoms with Crippen LogP contribution in [0.1, 0.15) is 51.0 Å². The second-order valence-electron chi connectivity index (χ2n) is 12.0. The molecule has 5 amide bonds. The lowest BCUT2D eigenvalue weighted by Gasteiger charge is -2.27. The summed E-state index contributed by atoms with van der Waals surface area (Å²) < 4.78 is 7.25. The molecule has 3 aliphatic heterocycles. The summed E-state index contributed by atoms with van der Waals surface area (Å²) in [7, 11) is 0. The minimum atomic E-state index is -1.03. The first-order valence-electron chi connectivity index (χ1n) is 15.8. The number of nitrogens with zero attached hydrogens (tertiary/aromatic N) is 3. The highest BCUT2D eigenvalue weighted by atomic mass is 16.5. The van der Waals surface area contributed by atoms with Crippen molar-refractivity contribution in [1.29, 1.82) is 0 Å². The molecule has 5 N–H and O–H groups in total. The van der Waals surface area contributed by atoms with E-state index in [4.69, 9.17) is 4.74 Å². The van der Waals surface area contributed by atoms with Crippen LogP contribution in [0.4, 0.5) is 0 Å². The van der Waals surface area contributed by atoms with Crippen molar-refractivity contribution in [2.75, 3.05) is 13.2 Å². The molecule has 248 valence electrons. The largest absolute Gasteiger partial charge is 0.492 e. The zero-order valence-corrected chi connectivity index (χ0v) is 26.6. The van der Waals surface area contributed by atoms with E-state index in [1.165, 1.54) is 4.68 Å². The van der Waals surface area contributed by atoms with Gasteiger partial charge in [0.15, 0.2) is 5.82 Å². The Balaban J connectivity index is 1.43. The Hall–Kier alpha value is -5.27. The first-order chi connectivity index (χ1) is 22.6. The summed E-state index contributed by atoms with van der Waals surface area (Å²) in [5.74, 6) is -1.03. The molecule has 1 aromatic heterocycles. The number of aromatic nitrogens is 3. The van der Waals surface area contributed by atoms with E-state index >= 15 is 0 Å². The van der Waals surface area contributed by atoms with Gasteiger partial charge in [0.25, 0.3) is 0 Å². The molecule has 0 unspecified atom stereocenters. The number of ether oxygens (including phenoxy) is 1. The van der Waals surface area contributed by atoms with Crippen molar-refractivity contribution in [3.05, 3.63) is 66.0 Å². The molecule has 14 heteroatoms. The van der Waals surface area contributed by atoms with Gasteiger partial charge < -0.3 is 31.3 Å². The van der Waals surface area contributed by atoms with Crippen LogP contribution in [0.25, 0.3) is 11.4 Å². The first kappa shape index (κ1) is 33.1. The summed E-state index contributed by atoms with van der Waals surface area (Å²) in [6.07, 6.45) is 0.689. The van der Waals surface area contributed by atoms with Crippen LogP contribution in [0.2, 0.25) is 0 Å². The molecule has 0 radical (unpaired) electrons. The van der Waals surface area contributed by atoms with Crippen LogP contribution in [0.5, 0.6) is 5.75 Å². The van der Waals surface area contributed by atoms with Crippen molar-refractivity contribution in [3.63, 3.8) is 0 Å². The van der Waals surface area contributed by atoms with Gasteiger partial charge in [-0.3, -0.25) is 24.0 Å². The van der Waals surface area contributed by atoms with Gasteiger partial charge in [-0.15, -0.1) is 0 Å². The Morgan fingerprint density at radius 3 is 2.38 bits per heavy atom. The zero-order valence-electron chi connectivity index (χ0n) is 26.6. The predicted octanol–water partition coefficient (Wildman–Crippen LogP) is 0.778. The lowest BCUT2D eigenvalue weighted by Crippen LogP contribution is -2.57. The Bertz CT molecular complexity index is 1610. The maximum atomic E-state index is 13.8. The van der Waals surface area contributed by atoms with E-state index in [0.29, 0.717) is 23.8 Å². The highest BCUT2D eigenvalue weighted by molar-refractivity contribution is 5.95. The average Bonchev–Trinajstić information content (AvgIpc) is 3.68. The van der Waals surface area contributed by atoms with E-state index in [-0.39, 0.29) is 50.3 Å². The number of carbonyl (C=O) groups is 5. The minimum Gasteiger partial charge on any atom is -0.492 e. The highest BCUT2D eigenvalue weighted by Crippen LogP contribution is 2.20. The Labute approximate surface area is 272 Å². The lowest BCUT2D eigenvalue weighted by molar-refractivity contribution is -0.133. The van der Waals surface area contributed by atoms with E-state index in [2.05, 4.69) is 36.7 Å². The zero-order chi connectivity index (χ0) is 33.5. The summed E-state index contributed by atoms with van der Waals surface area (Å²) in [6, 6.07) is 12.9. The van der Waals surface area contributed by atoms with Gasteiger partial charge in [-0.2, -0.15) is 5.10 Å². The molecular formula is C33H40N8O6. The molecule has 1 saturated heterocycles. The normalized spacial score (nSPS) is 22.7. The third kappa shape index (κ3) is 8.51. The maximum Gasteiger partial charge on any atom is 0.243 e.